The summed E-state index contributed by atoms with van der Waals surface area (Å²) < 4.78 is 0. The lowest BCUT2D eigenvalue weighted by Gasteiger charge is -2.19. The summed E-state index contributed by atoms with van der Waals surface area (Å²) in [5.41, 5.74) is 3.57. The lowest BCUT2D eigenvalue weighted by Crippen LogP contribution is -2.41. The molecule has 1 N–H and O–H groups in total. The second-order valence-electron chi connectivity index (χ2n) is 7.02. The Labute approximate surface area is 172 Å². The van der Waals surface area contributed by atoms with Crippen LogP contribution in [0.1, 0.15) is 31.8 Å². The first-order chi connectivity index (χ1) is 13.9. The van der Waals surface area contributed by atoms with Crippen LogP contribution in [-0.4, -0.2) is 51.2 Å². The first kappa shape index (κ1) is 19.2. The van der Waals surface area contributed by atoms with Crippen LogP contribution in [-0.2, 0) is 4.79 Å². The van der Waals surface area contributed by atoms with Gasteiger partial charge in [0.05, 0.1) is 11.1 Å². The predicted molar refractivity (Wildman–Crippen MR) is 110 cm³/mol. The molecule has 8 heteroatoms. The fraction of sp³-hybridized carbons (Fsp3) is 0.238. The van der Waals surface area contributed by atoms with Gasteiger partial charge in [-0.25, -0.2) is 0 Å². The second-order valence-corrected chi connectivity index (χ2v) is 8.08. The van der Waals surface area contributed by atoms with Gasteiger partial charge in [-0.05, 0) is 49.4 Å². The van der Waals surface area contributed by atoms with Gasteiger partial charge in [-0.2, -0.15) is 0 Å². The highest BCUT2D eigenvalue weighted by atomic mass is 32.2. The third-order valence-electron chi connectivity index (χ3n) is 5.02. The van der Waals surface area contributed by atoms with Gasteiger partial charge >= 0.3 is 0 Å². The molecule has 1 atom stereocenters. The molecule has 2 aromatic carbocycles. The predicted octanol–water partition coefficient (Wildman–Crippen LogP) is 3.03. The van der Waals surface area contributed by atoms with Crippen LogP contribution >= 0.6 is 11.8 Å². The van der Waals surface area contributed by atoms with Crippen molar-refractivity contribution in [2.24, 2.45) is 0 Å². The zero-order chi connectivity index (χ0) is 20.7. The van der Waals surface area contributed by atoms with Gasteiger partial charge in [-0.15, -0.1) is 0 Å². The quantitative estimate of drug-likeness (QED) is 0.764. The van der Waals surface area contributed by atoms with Crippen molar-refractivity contribution in [2.45, 2.75) is 19.2 Å². The number of nitrogens with one attached hydrogen (secondary N) is 1. The van der Waals surface area contributed by atoms with E-state index in [-0.39, 0.29) is 19.0 Å². The first-order valence-corrected chi connectivity index (χ1v) is 10.1. The highest BCUT2D eigenvalue weighted by molar-refractivity contribution is 8.15. The minimum absolute atomic E-state index is 0.0266. The van der Waals surface area contributed by atoms with E-state index in [1.165, 1.54) is 0 Å². The Hall–Kier alpha value is -3.13. The van der Waals surface area contributed by atoms with Crippen LogP contribution in [0.4, 0.5) is 10.5 Å². The Bertz CT molecular complexity index is 1020. The van der Waals surface area contributed by atoms with E-state index in [9.17, 15) is 19.2 Å². The molecule has 7 nitrogen and oxygen atoms in total. The van der Waals surface area contributed by atoms with Crippen molar-refractivity contribution in [2.75, 3.05) is 18.4 Å². The monoisotopic (exact) mass is 409 g/mol. The molecule has 0 aromatic heterocycles. The summed E-state index contributed by atoms with van der Waals surface area (Å²) >= 11 is 0.899. The Morgan fingerprint density at radius 1 is 0.897 bits per heavy atom. The standard InChI is InChI=1S/C21H19N3O4S/c1-12-7-8-16(13(2)11-12)22-17-20(27)24(21(28)29-17)10-9-23-18(25)14-5-3-4-6-15(14)19(23)26/h3-8,11,17,22H,9-10H2,1-2H3. The first-order valence-electron chi connectivity index (χ1n) is 9.18. The number of amides is 4. The van der Waals surface area contributed by atoms with Crippen molar-refractivity contribution in [3.63, 3.8) is 0 Å². The number of rotatable bonds is 5. The fourth-order valence-corrected chi connectivity index (χ4v) is 4.42. The fourth-order valence-electron chi connectivity index (χ4n) is 3.50. The molecule has 0 aliphatic carbocycles. The summed E-state index contributed by atoms with van der Waals surface area (Å²) in [6, 6.07) is 12.4. The Morgan fingerprint density at radius 2 is 1.52 bits per heavy atom. The average Bonchev–Trinajstić information content (AvgIpc) is 3.10. The van der Waals surface area contributed by atoms with Crippen molar-refractivity contribution >= 4 is 40.4 Å². The smallest absolute Gasteiger partial charge is 0.290 e. The van der Waals surface area contributed by atoms with Gasteiger partial charge in [0.25, 0.3) is 23.0 Å². The molecule has 0 bridgehead atoms. The molecule has 2 heterocycles. The number of aryl methyl sites for hydroxylation is 2. The molecule has 29 heavy (non-hydrogen) atoms. The summed E-state index contributed by atoms with van der Waals surface area (Å²) in [6.07, 6.45) is 0. The Kier molecular flexibility index (Phi) is 4.87. The third kappa shape index (κ3) is 3.40. The molecule has 0 radical (unpaired) electrons. The number of benzene rings is 2. The van der Waals surface area contributed by atoms with Crippen LogP contribution in [0, 0.1) is 13.8 Å². The zero-order valence-electron chi connectivity index (χ0n) is 16.0. The van der Waals surface area contributed by atoms with Gasteiger partial charge in [0.15, 0.2) is 5.37 Å². The average molecular weight is 409 g/mol. The maximum atomic E-state index is 12.7. The Morgan fingerprint density at radius 3 is 2.14 bits per heavy atom. The minimum Gasteiger partial charge on any atom is -0.365 e. The maximum Gasteiger partial charge on any atom is 0.290 e. The third-order valence-corrected chi connectivity index (χ3v) is 6.00. The van der Waals surface area contributed by atoms with Crippen LogP contribution < -0.4 is 5.32 Å². The number of fused-ring (bicyclic) bond motifs is 1. The van der Waals surface area contributed by atoms with Crippen molar-refractivity contribution in [3.05, 3.63) is 64.7 Å². The van der Waals surface area contributed by atoms with Gasteiger partial charge in [-0.3, -0.25) is 29.0 Å². The van der Waals surface area contributed by atoms with Crippen LogP contribution in [0.3, 0.4) is 0 Å². The van der Waals surface area contributed by atoms with Crippen molar-refractivity contribution in [1.29, 1.82) is 0 Å². The van der Waals surface area contributed by atoms with Gasteiger partial charge in [0, 0.05) is 18.8 Å². The van der Waals surface area contributed by atoms with Gasteiger partial charge in [0.1, 0.15) is 0 Å². The number of imide groups is 2. The maximum absolute atomic E-state index is 12.7. The molecule has 2 aliphatic heterocycles. The lowest BCUT2D eigenvalue weighted by molar-refractivity contribution is -0.126. The summed E-state index contributed by atoms with van der Waals surface area (Å²) in [5, 5.41) is 1.98. The van der Waals surface area contributed by atoms with Crippen LogP contribution in [0.5, 0.6) is 0 Å². The highest BCUT2D eigenvalue weighted by Crippen LogP contribution is 2.30. The Balaban J connectivity index is 1.42. The normalized spacial score (nSPS) is 18.6. The number of nitrogens with zero attached hydrogens (tertiary/aromatic N) is 2. The largest absolute Gasteiger partial charge is 0.365 e. The molecule has 0 saturated carbocycles. The van der Waals surface area contributed by atoms with E-state index < -0.39 is 22.4 Å². The molecule has 1 fully saturated rings. The van der Waals surface area contributed by atoms with E-state index in [0.717, 1.165) is 38.4 Å². The van der Waals surface area contributed by atoms with E-state index in [2.05, 4.69) is 5.32 Å². The molecular weight excluding hydrogens is 390 g/mol. The number of thioether (sulfide) groups is 1. The summed E-state index contributed by atoms with van der Waals surface area (Å²) in [4.78, 5) is 52.1. The van der Waals surface area contributed by atoms with Crippen LogP contribution in [0.15, 0.2) is 42.5 Å². The topological polar surface area (TPSA) is 86.8 Å². The SMILES string of the molecule is Cc1ccc(NC2SC(=O)N(CCN3C(=O)c4ccccc4C3=O)C2=O)c(C)c1. The summed E-state index contributed by atoms with van der Waals surface area (Å²) in [6.45, 7) is 3.86. The molecule has 4 amide bonds. The van der Waals surface area contributed by atoms with Crippen LogP contribution in [0.25, 0.3) is 0 Å². The molecule has 0 spiro atoms. The van der Waals surface area contributed by atoms with E-state index >= 15 is 0 Å². The van der Waals surface area contributed by atoms with Gasteiger partial charge < -0.3 is 5.32 Å². The number of hydrogen-bond donors (Lipinski definition) is 1. The highest BCUT2D eigenvalue weighted by Gasteiger charge is 2.41. The number of carbonyl (C=O) groups excluding carboxylic acids is 4. The van der Waals surface area contributed by atoms with Crippen molar-refractivity contribution in [3.8, 4) is 0 Å². The van der Waals surface area contributed by atoms with Crippen molar-refractivity contribution < 1.29 is 19.2 Å². The molecule has 2 aliphatic rings. The van der Waals surface area contributed by atoms with E-state index in [0.29, 0.717) is 11.1 Å². The summed E-state index contributed by atoms with van der Waals surface area (Å²) in [7, 11) is 0. The summed E-state index contributed by atoms with van der Waals surface area (Å²) in [5.74, 6) is -1.18. The molecule has 1 unspecified atom stereocenters. The minimum atomic E-state index is -0.730. The molecule has 1 saturated heterocycles. The number of anilines is 1. The molecule has 148 valence electrons. The van der Waals surface area contributed by atoms with E-state index in [4.69, 9.17) is 0 Å². The van der Waals surface area contributed by atoms with Gasteiger partial charge in [-0.1, -0.05) is 29.8 Å². The van der Waals surface area contributed by atoms with Gasteiger partial charge in [0.2, 0.25) is 0 Å². The van der Waals surface area contributed by atoms with Crippen molar-refractivity contribution in [1.82, 2.24) is 9.80 Å². The van der Waals surface area contributed by atoms with E-state index in [1.807, 2.05) is 32.0 Å². The molecular formula is C21H19N3O4S. The molecule has 2 aromatic rings. The van der Waals surface area contributed by atoms with Crippen LogP contribution in [0.2, 0.25) is 0 Å². The number of carbonyl (C=O) groups is 4. The lowest BCUT2D eigenvalue weighted by atomic mass is 10.1. The number of hydrogen-bond acceptors (Lipinski definition) is 6. The second kappa shape index (κ2) is 7.36. The zero-order valence-corrected chi connectivity index (χ0v) is 16.8. The molecule has 4 rings (SSSR count). The van der Waals surface area contributed by atoms with E-state index in [1.54, 1.807) is 24.3 Å².